The van der Waals surface area contributed by atoms with E-state index in [1.807, 2.05) is 48.5 Å². The van der Waals surface area contributed by atoms with Gasteiger partial charge in [0.05, 0.1) is 6.20 Å². The molecule has 1 amide bonds. The molecule has 4 aromatic rings. The average Bonchev–Trinajstić information content (AvgIpc) is 3.46. The normalized spacial score (nSPS) is 15.9. The Morgan fingerprint density at radius 2 is 2.03 bits per heavy atom. The zero-order chi connectivity index (χ0) is 22.1. The zero-order valence-electron chi connectivity index (χ0n) is 17.4. The minimum absolute atomic E-state index is 0.278. The topological polar surface area (TPSA) is 88.5 Å². The van der Waals surface area contributed by atoms with Crippen molar-refractivity contribution >= 4 is 34.5 Å². The molecule has 0 aliphatic carbocycles. The Labute approximate surface area is 190 Å². The maximum atomic E-state index is 12.9. The first kappa shape index (κ1) is 20.5. The molecule has 3 heterocycles. The monoisotopic (exact) mass is 446 g/mol. The molecule has 1 fully saturated rings. The highest BCUT2D eigenvalue weighted by Gasteiger charge is 2.23. The lowest BCUT2D eigenvalue weighted by Crippen LogP contribution is -2.35. The number of rotatable bonds is 5. The van der Waals surface area contributed by atoms with Gasteiger partial charge in [0.1, 0.15) is 5.69 Å². The molecule has 2 aromatic heterocycles. The first-order chi connectivity index (χ1) is 15.6. The molecule has 0 saturated carbocycles. The van der Waals surface area contributed by atoms with Crippen LogP contribution < -0.4 is 16.0 Å². The second kappa shape index (κ2) is 8.61. The summed E-state index contributed by atoms with van der Waals surface area (Å²) >= 11 is 6.13. The lowest BCUT2D eigenvalue weighted by atomic mass is 10.1. The van der Waals surface area contributed by atoms with E-state index in [1.165, 1.54) is 0 Å². The van der Waals surface area contributed by atoms with Gasteiger partial charge in [-0.3, -0.25) is 4.79 Å². The molecule has 0 spiro atoms. The number of halogens is 1. The van der Waals surface area contributed by atoms with Crippen molar-refractivity contribution in [3.05, 3.63) is 77.7 Å². The van der Waals surface area contributed by atoms with Crippen LogP contribution in [0.2, 0.25) is 5.02 Å². The minimum atomic E-state index is -0.278. The van der Waals surface area contributed by atoms with Crippen LogP contribution >= 0.6 is 11.6 Å². The maximum Gasteiger partial charge on any atom is 0.274 e. The number of anilines is 2. The number of amides is 1. The molecule has 3 N–H and O–H groups in total. The molecule has 0 radical (unpaired) electrons. The fourth-order valence-corrected chi connectivity index (χ4v) is 4.40. The van der Waals surface area contributed by atoms with Crippen LogP contribution in [0.1, 0.15) is 23.3 Å². The van der Waals surface area contributed by atoms with E-state index < -0.39 is 0 Å². The van der Waals surface area contributed by atoms with Gasteiger partial charge in [-0.1, -0.05) is 23.7 Å². The molecule has 8 heteroatoms. The molecule has 2 aromatic carbocycles. The minimum Gasteiger partial charge on any atom is -0.367 e. The fourth-order valence-electron chi connectivity index (χ4n) is 4.21. The van der Waals surface area contributed by atoms with Crippen LogP contribution in [-0.4, -0.2) is 39.6 Å². The molecule has 0 unspecified atom stereocenters. The molecule has 32 heavy (non-hydrogen) atoms. The number of nitrogens with zero attached hydrogens (tertiary/aromatic N) is 4. The van der Waals surface area contributed by atoms with E-state index in [0.29, 0.717) is 34.6 Å². The molecule has 1 saturated heterocycles. The van der Waals surface area contributed by atoms with Crippen LogP contribution in [0.25, 0.3) is 16.8 Å². The van der Waals surface area contributed by atoms with Crippen molar-refractivity contribution in [1.82, 2.24) is 14.6 Å². The number of nitrogens with two attached hydrogens (primary N) is 1. The van der Waals surface area contributed by atoms with Crippen LogP contribution in [0.5, 0.6) is 0 Å². The van der Waals surface area contributed by atoms with Crippen LogP contribution in [0, 0.1) is 0 Å². The predicted molar refractivity (Wildman–Crippen MR) is 127 cm³/mol. The van der Waals surface area contributed by atoms with Crippen molar-refractivity contribution in [2.24, 2.45) is 5.73 Å². The Hall–Kier alpha value is -3.42. The Morgan fingerprint density at radius 3 is 2.81 bits per heavy atom. The molecule has 1 aliphatic heterocycles. The van der Waals surface area contributed by atoms with Crippen molar-refractivity contribution in [2.75, 3.05) is 23.3 Å². The molecule has 5 rings (SSSR count). The molecule has 7 nitrogen and oxygen atoms in total. The van der Waals surface area contributed by atoms with Gasteiger partial charge >= 0.3 is 0 Å². The Morgan fingerprint density at radius 1 is 1.19 bits per heavy atom. The number of fused-ring (bicyclic) bond motifs is 1. The van der Waals surface area contributed by atoms with Gasteiger partial charge in [0, 0.05) is 47.3 Å². The summed E-state index contributed by atoms with van der Waals surface area (Å²) in [5, 5.41) is 7.90. The summed E-state index contributed by atoms with van der Waals surface area (Å²) in [7, 11) is 0. The smallest absolute Gasteiger partial charge is 0.274 e. The number of aromatic nitrogens is 3. The Bertz CT molecular complexity index is 1270. The lowest BCUT2D eigenvalue weighted by Gasteiger charge is -2.25. The first-order valence-corrected chi connectivity index (χ1v) is 11.0. The van der Waals surface area contributed by atoms with E-state index in [-0.39, 0.29) is 5.91 Å². The maximum absolute atomic E-state index is 12.9. The molecule has 1 aliphatic rings. The number of carbonyl (C=O) groups excluding carboxylic acids is 1. The summed E-state index contributed by atoms with van der Waals surface area (Å²) in [5.74, 6) is -0.278. The van der Waals surface area contributed by atoms with E-state index in [4.69, 9.17) is 17.3 Å². The van der Waals surface area contributed by atoms with Gasteiger partial charge in [0.2, 0.25) is 0 Å². The molecular weight excluding hydrogens is 424 g/mol. The van der Waals surface area contributed by atoms with Gasteiger partial charge in [0.25, 0.3) is 5.91 Å². The predicted octanol–water partition coefficient (Wildman–Crippen LogP) is 4.23. The van der Waals surface area contributed by atoms with Crippen molar-refractivity contribution in [2.45, 2.75) is 18.9 Å². The van der Waals surface area contributed by atoms with E-state index in [2.05, 4.69) is 20.3 Å². The summed E-state index contributed by atoms with van der Waals surface area (Å²) in [6, 6.07) is 17.4. The van der Waals surface area contributed by atoms with E-state index in [1.54, 1.807) is 23.0 Å². The number of benzene rings is 2. The second-order valence-corrected chi connectivity index (χ2v) is 8.31. The fraction of sp³-hybridized carbons (Fsp3) is 0.208. The summed E-state index contributed by atoms with van der Waals surface area (Å²) in [5.41, 5.74) is 10.3. The third-order valence-corrected chi connectivity index (χ3v) is 6.08. The molecule has 1 atom stereocenters. The van der Waals surface area contributed by atoms with Crippen molar-refractivity contribution in [3.8, 4) is 11.1 Å². The van der Waals surface area contributed by atoms with Gasteiger partial charge in [-0.25, -0.2) is 9.50 Å². The summed E-state index contributed by atoms with van der Waals surface area (Å²) in [4.78, 5) is 19.8. The quantitative estimate of drug-likeness (QED) is 0.479. The lowest BCUT2D eigenvalue weighted by molar-refractivity contribution is 0.102. The largest absolute Gasteiger partial charge is 0.367 e. The van der Waals surface area contributed by atoms with Gasteiger partial charge < -0.3 is 16.0 Å². The molecular formula is C24H23ClN6O. The van der Waals surface area contributed by atoms with Crippen molar-refractivity contribution < 1.29 is 4.79 Å². The number of hydrogen-bond acceptors (Lipinski definition) is 5. The second-order valence-electron chi connectivity index (χ2n) is 7.88. The highest BCUT2D eigenvalue weighted by molar-refractivity contribution is 6.30. The van der Waals surface area contributed by atoms with Gasteiger partial charge in [-0.05, 0) is 60.9 Å². The number of carbonyl (C=O) groups is 1. The molecule has 162 valence electrons. The SMILES string of the molecule is NC[C@@H]1CCCN1c1ccc(NC(=O)c2ccn3ncc(-c4cccc(Cl)c4)c3n2)cc1. The first-order valence-electron chi connectivity index (χ1n) is 10.6. The summed E-state index contributed by atoms with van der Waals surface area (Å²) < 4.78 is 1.64. The van der Waals surface area contributed by atoms with E-state index >= 15 is 0 Å². The zero-order valence-corrected chi connectivity index (χ0v) is 18.2. The summed E-state index contributed by atoms with van der Waals surface area (Å²) in [6.07, 6.45) is 5.73. The third kappa shape index (κ3) is 3.92. The van der Waals surface area contributed by atoms with Gasteiger partial charge in [-0.15, -0.1) is 0 Å². The third-order valence-electron chi connectivity index (χ3n) is 5.84. The van der Waals surface area contributed by atoms with Gasteiger partial charge in [-0.2, -0.15) is 5.10 Å². The van der Waals surface area contributed by atoms with Crippen LogP contribution in [0.4, 0.5) is 11.4 Å². The number of hydrogen-bond donors (Lipinski definition) is 2. The summed E-state index contributed by atoms with van der Waals surface area (Å²) in [6.45, 7) is 1.66. The van der Waals surface area contributed by atoms with Crippen LogP contribution in [0.3, 0.4) is 0 Å². The highest BCUT2D eigenvalue weighted by atomic mass is 35.5. The molecule has 0 bridgehead atoms. The Balaban J connectivity index is 1.36. The highest BCUT2D eigenvalue weighted by Crippen LogP contribution is 2.27. The van der Waals surface area contributed by atoms with Crippen molar-refractivity contribution in [3.63, 3.8) is 0 Å². The van der Waals surface area contributed by atoms with Gasteiger partial charge in [0.15, 0.2) is 5.65 Å². The van der Waals surface area contributed by atoms with E-state index in [0.717, 1.165) is 36.2 Å². The Kier molecular flexibility index (Phi) is 5.51. The number of nitrogens with one attached hydrogen (secondary N) is 1. The van der Waals surface area contributed by atoms with E-state index in [9.17, 15) is 4.79 Å². The standard InChI is InChI=1S/C24H23ClN6O/c25-17-4-1-3-16(13-17)21-15-27-31-12-10-22(29-23(21)31)24(32)28-18-6-8-19(9-7-18)30-11-2-5-20(30)14-26/h1,3-4,6-10,12-13,15,20H,2,5,11,14,26H2,(H,28,32)/t20-/m0/s1. The van der Waals surface area contributed by atoms with Crippen LogP contribution in [0.15, 0.2) is 67.0 Å². The van der Waals surface area contributed by atoms with Crippen molar-refractivity contribution in [1.29, 1.82) is 0 Å². The van der Waals surface area contributed by atoms with Crippen LogP contribution in [-0.2, 0) is 0 Å². The average molecular weight is 447 g/mol.